The summed E-state index contributed by atoms with van der Waals surface area (Å²) >= 11 is 0. The van der Waals surface area contributed by atoms with E-state index < -0.39 is 24.5 Å². The Kier molecular flexibility index (Phi) is 12.0. The molecule has 0 heterocycles. The van der Waals surface area contributed by atoms with Crippen molar-refractivity contribution in [2.24, 2.45) is 0 Å². The predicted octanol–water partition coefficient (Wildman–Crippen LogP) is 7.05. The highest BCUT2D eigenvalue weighted by molar-refractivity contribution is 6.90. The first-order valence-corrected chi connectivity index (χ1v) is 19.7. The molecule has 0 spiro atoms. The molecule has 0 N–H and O–H groups in total. The summed E-state index contributed by atoms with van der Waals surface area (Å²) < 4.78 is 6.62. The third-order valence-electron chi connectivity index (χ3n) is 6.07. The van der Waals surface area contributed by atoms with Crippen LogP contribution in [0, 0.1) is 22.9 Å². The first kappa shape index (κ1) is 28.4. The fourth-order valence-corrected chi connectivity index (χ4v) is 12.7. The molecule has 0 aliphatic rings. The Bertz CT molecular complexity index is 599. The fraction of sp³-hybridized carbons (Fsp3) is 0.792. The number of carbonyl (C=O) groups excluding carboxylic acids is 1. The van der Waals surface area contributed by atoms with Gasteiger partial charge in [-0.3, -0.25) is 0 Å². The predicted molar refractivity (Wildman–Crippen MR) is 137 cm³/mol. The quantitative estimate of drug-likeness (QED) is 0.202. The van der Waals surface area contributed by atoms with Crippen LogP contribution in [0.1, 0.15) is 61.8 Å². The Labute approximate surface area is 185 Å². The SMILES string of the molecule is CC[Si](C#CC[Si](C)(C)C)(CC)OC(C#C[Si](C(C)C)(C(C)C)C(C)C)CC=O. The van der Waals surface area contributed by atoms with Crippen molar-refractivity contribution in [2.45, 2.75) is 122 Å². The molecule has 0 aliphatic carbocycles. The van der Waals surface area contributed by atoms with Crippen molar-refractivity contribution >= 4 is 30.8 Å². The Morgan fingerprint density at radius 3 is 1.69 bits per heavy atom. The smallest absolute Gasteiger partial charge is 0.272 e. The Morgan fingerprint density at radius 2 is 1.34 bits per heavy atom. The molecule has 2 nitrogen and oxygen atoms in total. The van der Waals surface area contributed by atoms with Crippen molar-refractivity contribution < 1.29 is 9.22 Å². The lowest BCUT2D eigenvalue weighted by atomic mass is 10.3. The molecular weight excluding hydrogens is 405 g/mol. The molecule has 0 rings (SSSR count). The van der Waals surface area contributed by atoms with E-state index in [1.165, 1.54) is 0 Å². The summed E-state index contributed by atoms with van der Waals surface area (Å²) in [4.78, 5) is 11.4. The zero-order valence-corrected chi connectivity index (χ0v) is 24.0. The third kappa shape index (κ3) is 8.58. The maximum absolute atomic E-state index is 11.4. The number of carbonyl (C=O) groups is 1. The number of hydrogen-bond donors (Lipinski definition) is 0. The van der Waals surface area contributed by atoms with Crippen molar-refractivity contribution in [3.8, 4) is 22.9 Å². The van der Waals surface area contributed by atoms with E-state index in [1.54, 1.807) is 0 Å². The Hall–Kier alpha value is -0.599. The van der Waals surface area contributed by atoms with Gasteiger partial charge in [-0.2, -0.15) is 0 Å². The van der Waals surface area contributed by atoms with Crippen molar-refractivity contribution in [2.75, 3.05) is 0 Å². The molecule has 166 valence electrons. The van der Waals surface area contributed by atoms with Gasteiger partial charge in [-0.05, 0) is 28.7 Å². The van der Waals surface area contributed by atoms with Crippen molar-refractivity contribution in [3.05, 3.63) is 0 Å². The first-order valence-electron chi connectivity index (χ1n) is 11.4. The summed E-state index contributed by atoms with van der Waals surface area (Å²) in [6, 6.07) is 2.89. The van der Waals surface area contributed by atoms with Crippen LogP contribution in [-0.4, -0.2) is 36.9 Å². The summed E-state index contributed by atoms with van der Waals surface area (Å²) in [5.41, 5.74) is 9.04. The largest absolute Gasteiger partial charge is 0.391 e. The maximum atomic E-state index is 11.4. The number of rotatable bonds is 10. The first-order chi connectivity index (χ1) is 13.3. The lowest BCUT2D eigenvalue weighted by Gasteiger charge is -2.38. The van der Waals surface area contributed by atoms with E-state index in [1.807, 2.05) is 0 Å². The van der Waals surface area contributed by atoms with Crippen LogP contribution in [0.25, 0.3) is 0 Å². The molecule has 0 aromatic rings. The summed E-state index contributed by atoms with van der Waals surface area (Å²) in [5.74, 6) is 6.93. The van der Waals surface area contributed by atoms with Gasteiger partial charge in [0.25, 0.3) is 8.32 Å². The fourth-order valence-electron chi connectivity index (χ4n) is 4.23. The lowest BCUT2D eigenvalue weighted by Crippen LogP contribution is -2.44. The molecule has 1 unspecified atom stereocenters. The normalized spacial score (nSPS) is 13.7. The van der Waals surface area contributed by atoms with Crippen LogP contribution in [0.3, 0.4) is 0 Å². The molecule has 0 aliphatic heterocycles. The summed E-state index contributed by atoms with van der Waals surface area (Å²) in [5, 5.41) is 0. The lowest BCUT2D eigenvalue weighted by molar-refractivity contribution is -0.108. The zero-order valence-electron chi connectivity index (χ0n) is 21.0. The highest BCUT2D eigenvalue weighted by Crippen LogP contribution is 2.40. The van der Waals surface area contributed by atoms with Gasteiger partial charge < -0.3 is 9.22 Å². The average Bonchev–Trinajstić information content (AvgIpc) is 2.59. The van der Waals surface area contributed by atoms with Crippen LogP contribution >= 0.6 is 0 Å². The molecule has 29 heavy (non-hydrogen) atoms. The van der Waals surface area contributed by atoms with Crippen LogP contribution in [-0.2, 0) is 9.22 Å². The monoisotopic (exact) mass is 450 g/mol. The van der Waals surface area contributed by atoms with Gasteiger partial charge in [0, 0.05) is 12.5 Å². The highest BCUT2D eigenvalue weighted by Gasteiger charge is 2.42. The number of hydrogen-bond acceptors (Lipinski definition) is 2. The standard InChI is InChI=1S/C24H46O2Si3/c1-12-28(13-2,19-14-18-27(9,10)11)26-24(15-17-25)16-20-29(21(3)4,22(5)6)23(7)8/h17,21-24H,12-13,15,18H2,1-11H3. The molecule has 5 heteroatoms. The molecular formula is C24H46O2Si3. The Morgan fingerprint density at radius 1 is 0.862 bits per heavy atom. The summed E-state index contributed by atoms with van der Waals surface area (Å²) in [7, 11) is -5.24. The van der Waals surface area contributed by atoms with Crippen molar-refractivity contribution in [3.63, 3.8) is 0 Å². The minimum atomic E-state index is -2.21. The maximum Gasteiger partial charge on any atom is 0.272 e. The summed E-state index contributed by atoms with van der Waals surface area (Å²) in [6.07, 6.45) is 0.988. The van der Waals surface area contributed by atoms with E-state index >= 15 is 0 Å². The zero-order chi connectivity index (χ0) is 22.9. The van der Waals surface area contributed by atoms with Gasteiger partial charge in [-0.25, -0.2) is 0 Å². The van der Waals surface area contributed by atoms with E-state index in [0.717, 1.165) is 24.4 Å². The van der Waals surface area contributed by atoms with E-state index in [0.29, 0.717) is 23.0 Å². The van der Waals surface area contributed by atoms with Gasteiger partial charge >= 0.3 is 0 Å². The second-order valence-corrected chi connectivity index (χ2v) is 25.4. The topological polar surface area (TPSA) is 26.3 Å². The van der Waals surface area contributed by atoms with Crippen molar-refractivity contribution in [1.82, 2.24) is 0 Å². The second-order valence-electron chi connectivity index (χ2n) is 10.4. The van der Waals surface area contributed by atoms with E-state index in [9.17, 15) is 4.79 Å². The molecule has 0 aromatic heterocycles. The third-order valence-corrected chi connectivity index (χ3v) is 17.3. The molecule has 0 radical (unpaired) electrons. The van der Waals surface area contributed by atoms with Gasteiger partial charge in [-0.1, -0.05) is 86.5 Å². The van der Waals surface area contributed by atoms with Crippen LogP contribution in [0.2, 0.25) is 54.4 Å². The van der Waals surface area contributed by atoms with E-state index in [2.05, 4.69) is 98.0 Å². The molecule has 1 atom stereocenters. The molecule has 0 bridgehead atoms. The van der Waals surface area contributed by atoms with Gasteiger partial charge in [0.05, 0.1) is 8.07 Å². The average molecular weight is 451 g/mol. The molecule has 0 fully saturated rings. The van der Waals surface area contributed by atoms with Crippen molar-refractivity contribution in [1.29, 1.82) is 0 Å². The minimum Gasteiger partial charge on any atom is -0.391 e. The second kappa shape index (κ2) is 12.3. The Balaban J connectivity index is 5.98. The minimum absolute atomic E-state index is 0.316. The van der Waals surface area contributed by atoms with Crippen LogP contribution in [0.5, 0.6) is 0 Å². The van der Waals surface area contributed by atoms with Gasteiger partial charge in [0.1, 0.15) is 20.5 Å². The van der Waals surface area contributed by atoms with Crippen LogP contribution in [0.4, 0.5) is 0 Å². The molecule has 0 amide bonds. The van der Waals surface area contributed by atoms with Gasteiger partial charge in [0.2, 0.25) is 0 Å². The van der Waals surface area contributed by atoms with Crippen LogP contribution in [0.15, 0.2) is 0 Å². The molecule has 0 aromatic carbocycles. The number of aldehydes is 1. The highest BCUT2D eigenvalue weighted by atomic mass is 28.4. The summed E-state index contributed by atoms with van der Waals surface area (Å²) in [6.45, 7) is 25.3. The molecule has 0 saturated heterocycles. The van der Waals surface area contributed by atoms with Crippen LogP contribution < -0.4 is 0 Å². The molecule has 0 saturated carbocycles. The van der Waals surface area contributed by atoms with E-state index in [-0.39, 0.29) is 6.10 Å². The van der Waals surface area contributed by atoms with Gasteiger partial charge in [-0.15, -0.1) is 11.5 Å². The van der Waals surface area contributed by atoms with E-state index in [4.69, 9.17) is 4.43 Å². The van der Waals surface area contributed by atoms with Gasteiger partial charge in [0.15, 0.2) is 0 Å².